The van der Waals surface area contributed by atoms with Gasteiger partial charge in [0.05, 0.1) is 21.3 Å². The maximum atomic E-state index is 11.9. The number of hydrogen-bond acceptors (Lipinski definition) is 11. The van der Waals surface area contributed by atoms with Crippen LogP contribution in [0.25, 0.3) is 10.8 Å². The van der Waals surface area contributed by atoms with Crippen LogP contribution in [0.4, 0.5) is 17.1 Å². The Labute approximate surface area is 184 Å². The molecular weight excluding hydrogens is 486 g/mol. The Balaban J connectivity index is 2.31. The Kier molecular flexibility index (Phi) is 5.71. The number of fused-ring (bicyclic) bond motifs is 1. The number of aryl methyl sites for hydroxylation is 1. The molecule has 0 unspecified atom stereocenters. The number of aromatic hydroxyl groups is 3. The normalized spacial score (nSPS) is 12.5. The van der Waals surface area contributed by atoms with Crippen LogP contribution in [0.2, 0.25) is 0 Å². The SMILES string of the molecule is Cc1cc(N=Nc2c(S(=O)(=O)O)cc3cc(S(=O)(=O)O)cc(O)c3c2O)c(O)cc1[N+](=O)[O-]. The summed E-state index contributed by atoms with van der Waals surface area (Å²) >= 11 is 0. The molecule has 0 bridgehead atoms. The number of nitro groups is 1. The lowest BCUT2D eigenvalue weighted by molar-refractivity contribution is -0.385. The van der Waals surface area contributed by atoms with Gasteiger partial charge in [0.2, 0.25) is 0 Å². The first-order valence-electron chi connectivity index (χ1n) is 8.48. The fourth-order valence-electron chi connectivity index (χ4n) is 2.93. The molecule has 3 aromatic rings. The lowest BCUT2D eigenvalue weighted by Gasteiger charge is -2.11. The van der Waals surface area contributed by atoms with Crippen molar-refractivity contribution >= 4 is 48.1 Å². The summed E-state index contributed by atoms with van der Waals surface area (Å²) in [6, 6.07) is 3.80. The van der Waals surface area contributed by atoms with E-state index in [9.17, 15) is 51.4 Å². The highest BCUT2D eigenvalue weighted by molar-refractivity contribution is 7.86. The Morgan fingerprint density at radius 3 is 2.06 bits per heavy atom. The molecule has 0 atom stereocenters. The van der Waals surface area contributed by atoms with Gasteiger partial charge in [-0.15, -0.1) is 10.2 Å². The molecule has 14 nitrogen and oxygen atoms in total. The summed E-state index contributed by atoms with van der Waals surface area (Å²) in [4.78, 5) is 8.30. The third-order valence-corrected chi connectivity index (χ3v) is 6.12. The van der Waals surface area contributed by atoms with E-state index >= 15 is 0 Å². The second-order valence-electron chi connectivity index (χ2n) is 6.65. The number of benzene rings is 3. The van der Waals surface area contributed by atoms with Crippen LogP contribution in [-0.2, 0) is 20.2 Å². The Morgan fingerprint density at radius 1 is 0.879 bits per heavy atom. The first-order chi connectivity index (χ1) is 15.1. The molecule has 0 aliphatic carbocycles. The molecule has 3 aromatic carbocycles. The Bertz CT molecular complexity index is 1580. The van der Waals surface area contributed by atoms with Gasteiger partial charge in [-0.3, -0.25) is 19.2 Å². The minimum Gasteiger partial charge on any atom is -0.507 e. The van der Waals surface area contributed by atoms with Gasteiger partial charge in [-0.2, -0.15) is 16.8 Å². The molecule has 5 N–H and O–H groups in total. The van der Waals surface area contributed by atoms with Crippen molar-refractivity contribution in [2.24, 2.45) is 10.2 Å². The van der Waals surface area contributed by atoms with Crippen molar-refractivity contribution in [2.75, 3.05) is 0 Å². The van der Waals surface area contributed by atoms with Gasteiger partial charge in [-0.25, -0.2) is 0 Å². The van der Waals surface area contributed by atoms with Gasteiger partial charge in [0.25, 0.3) is 25.9 Å². The zero-order valence-electron chi connectivity index (χ0n) is 16.2. The average Bonchev–Trinajstić information content (AvgIpc) is 2.66. The van der Waals surface area contributed by atoms with Crippen LogP contribution >= 0.6 is 0 Å². The molecule has 0 amide bonds. The predicted octanol–water partition coefficient (Wildman–Crippen LogP) is 3.08. The minimum absolute atomic E-state index is 0.0693. The van der Waals surface area contributed by atoms with E-state index in [0.29, 0.717) is 12.1 Å². The number of hydrogen-bond donors (Lipinski definition) is 5. The third kappa shape index (κ3) is 4.53. The zero-order valence-corrected chi connectivity index (χ0v) is 17.9. The molecule has 33 heavy (non-hydrogen) atoms. The lowest BCUT2D eigenvalue weighted by Crippen LogP contribution is -2.01. The van der Waals surface area contributed by atoms with E-state index in [1.54, 1.807) is 0 Å². The average molecular weight is 499 g/mol. The van der Waals surface area contributed by atoms with E-state index in [1.807, 2.05) is 0 Å². The smallest absolute Gasteiger partial charge is 0.296 e. The minimum atomic E-state index is -5.11. The molecule has 16 heteroatoms. The highest BCUT2D eigenvalue weighted by atomic mass is 32.2. The standard InChI is InChI=1S/C17H13N3O11S2/c1-7-2-10(12(21)6-11(7)20(24)25)18-19-16-14(33(29,30)31)4-8-3-9(32(26,27)28)5-13(22)15(8)17(16)23/h2-6,21-23H,1H3,(H,26,27,28)(H,29,30,31). The van der Waals surface area contributed by atoms with Crippen LogP contribution in [0.5, 0.6) is 17.2 Å². The molecule has 0 radical (unpaired) electrons. The molecule has 0 spiro atoms. The van der Waals surface area contributed by atoms with Crippen LogP contribution in [0.1, 0.15) is 5.56 Å². The van der Waals surface area contributed by atoms with Crippen molar-refractivity contribution in [3.63, 3.8) is 0 Å². The van der Waals surface area contributed by atoms with E-state index in [4.69, 9.17) is 0 Å². The second-order valence-corrected chi connectivity index (χ2v) is 9.46. The monoisotopic (exact) mass is 499 g/mol. The summed E-state index contributed by atoms with van der Waals surface area (Å²) in [5, 5.41) is 47.7. The van der Waals surface area contributed by atoms with Gasteiger partial charge >= 0.3 is 0 Å². The molecule has 0 heterocycles. The van der Waals surface area contributed by atoms with Gasteiger partial charge in [-0.1, -0.05) is 0 Å². The van der Waals surface area contributed by atoms with Crippen molar-refractivity contribution < 1.29 is 46.2 Å². The van der Waals surface area contributed by atoms with Crippen molar-refractivity contribution in [3.05, 3.63) is 46.0 Å². The fraction of sp³-hybridized carbons (Fsp3) is 0.0588. The quantitative estimate of drug-likeness (QED) is 0.148. The van der Waals surface area contributed by atoms with E-state index in [0.717, 1.165) is 18.2 Å². The number of phenolic OH excluding ortho intramolecular Hbond substituents is 3. The van der Waals surface area contributed by atoms with Gasteiger partial charge in [0, 0.05) is 11.6 Å². The van der Waals surface area contributed by atoms with E-state index in [-0.39, 0.29) is 11.3 Å². The second kappa shape index (κ2) is 7.93. The van der Waals surface area contributed by atoms with E-state index < -0.39 is 74.3 Å². The lowest BCUT2D eigenvalue weighted by atomic mass is 10.1. The van der Waals surface area contributed by atoms with Crippen molar-refractivity contribution in [1.82, 2.24) is 0 Å². The summed E-state index contributed by atoms with van der Waals surface area (Å²) in [5.41, 5.74) is -1.61. The molecule has 0 saturated carbocycles. The molecule has 0 aromatic heterocycles. The topological polar surface area (TPSA) is 237 Å². The predicted molar refractivity (Wildman–Crippen MR) is 111 cm³/mol. The maximum absolute atomic E-state index is 11.9. The largest absolute Gasteiger partial charge is 0.507 e. The maximum Gasteiger partial charge on any atom is 0.296 e. The summed E-state index contributed by atoms with van der Waals surface area (Å²) in [6.45, 7) is 1.33. The van der Waals surface area contributed by atoms with Gasteiger partial charge in [0.15, 0.2) is 5.75 Å². The van der Waals surface area contributed by atoms with Gasteiger partial charge in [0.1, 0.15) is 27.8 Å². The van der Waals surface area contributed by atoms with Crippen LogP contribution in [0.3, 0.4) is 0 Å². The van der Waals surface area contributed by atoms with Crippen LogP contribution < -0.4 is 0 Å². The Morgan fingerprint density at radius 2 is 1.52 bits per heavy atom. The highest BCUT2D eigenvalue weighted by Crippen LogP contribution is 2.46. The number of phenols is 3. The number of nitro benzene ring substituents is 1. The number of rotatable bonds is 5. The van der Waals surface area contributed by atoms with E-state index in [1.165, 1.54) is 6.92 Å². The number of nitrogens with zero attached hydrogens (tertiary/aromatic N) is 3. The molecule has 0 aliphatic rings. The van der Waals surface area contributed by atoms with E-state index in [2.05, 4.69) is 10.2 Å². The first-order valence-corrected chi connectivity index (χ1v) is 11.4. The van der Waals surface area contributed by atoms with Crippen LogP contribution in [-0.4, -0.2) is 46.2 Å². The fourth-order valence-corrected chi connectivity index (χ4v) is 4.13. The van der Waals surface area contributed by atoms with Crippen molar-refractivity contribution in [3.8, 4) is 17.2 Å². The summed E-state index contributed by atoms with van der Waals surface area (Å²) in [5.74, 6) is -2.63. The molecule has 0 fully saturated rings. The van der Waals surface area contributed by atoms with Crippen LogP contribution in [0, 0.1) is 17.0 Å². The molecule has 3 rings (SSSR count). The molecule has 0 saturated heterocycles. The summed E-state index contributed by atoms with van der Waals surface area (Å²) < 4.78 is 65.2. The molecule has 174 valence electrons. The first kappa shape index (κ1) is 23.8. The van der Waals surface area contributed by atoms with Crippen molar-refractivity contribution in [1.29, 1.82) is 0 Å². The van der Waals surface area contributed by atoms with Gasteiger partial charge in [-0.05, 0) is 30.5 Å². The van der Waals surface area contributed by atoms with Gasteiger partial charge < -0.3 is 15.3 Å². The highest BCUT2D eigenvalue weighted by Gasteiger charge is 2.25. The zero-order chi connectivity index (χ0) is 24.9. The van der Waals surface area contributed by atoms with Crippen molar-refractivity contribution in [2.45, 2.75) is 16.7 Å². The molecular formula is C17H13N3O11S2. The Hall–Kier alpha value is -3.86. The number of azo groups is 1. The van der Waals surface area contributed by atoms with Crippen LogP contribution in [0.15, 0.2) is 50.4 Å². The molecule has 0 aliphatic heterocycles. The summed E-state index contributed by atoms with van der Waals surface area (Å²) in [7, 11) is -9.93. The third-order valence-electron chi connectivity index (χ3n) is 4.43. The summed E-state index contributed by atoms with van der Waals surface area (Å²) in [6.07, 6.45) is 0.